The second-order valence-electron chi connectivity index (χ2n) is 9.09. The third kappa shape index (κ3) is 9.02. The minimum Gasteiger partial charge on any atom is -0.352 e. The molecule has 0 spiro atoms. The van der Waals surface area contributed by atoms with Crippen molar-refractivity contribution in [3.05, 3.63) is 65.7 Å². The number of hydrogen-bond donors (Lipinski definition) is 1. The third-order valence-corrected chi connectivity index (χ3v) is 7.29. The number of carbonyl (C=O) groups excluding carboxylic acids is 2. The summed E-state index contributed by atoms with van der Waals surface area (Å²) in [6.07, 6.45) is 3.10. The number of amides is 2. The summed E-state index contributed by atoms with van der Waals surface area (Å²) in [5.41, 5.74) is 2.63. The van der Waals surface area contributed by atoms with Gasteiger partial charge in [-0.25, -0.2) is 8.42 Å². The summed E-state index contributed by atoms with van der Waals surface area (Å²) in [5.74, 6) is -0.344. The zero-order valence-corrected chi connectivity index (χ0v) is 22.3. The first-order valence-electron chi connectivity index (χ1n) is 12.2. The van der Waals surface area contributed by atoms with Crippen molar-refractivity contribution in [3.63, 3.8) is 0 Å². The number of anilines is 1. The van der Waals surface area contributed by atoms with Crippen LogP contribution in [0.4, 0.5) is 5.69 Å². The van der Waals surface area contributed by atoms with Gasteiger partial charge in [0.1, 0.15) is 6.04 Å². The minimum absolute atomic E-state index is 0.0219. The topological polar surface area (TPSA) is 86.8 Å². The van der Waals surface area contributed by atoms with Gasteiger partial charge in [-0.3, -0.25) is 13.9 Å². The number of rotatable bonds is 13. The molecule has 0 aliphatic rings. The smallest absolute Gasteiger partial charge is 0.242 e. The van der Waals surface area contributed by atoms with Crippen LogP contribution in [0, 0.1) is 6.92 Å². The maximum atomic E-state index is 13.3. The minimum atomic E-state index is -3.50. The highest BCUT2D eigenvalue weighted by Gasteiger charge is 2.26. The van der Waals surface area contributed by atoms with Crippen molar-refractivity contribution in [2.45, 2.75) is 65.5 Å². The van der Waals surface area contributed by atoms with Crippen molar-refractivity contribution in [1.82, 2.24) is 10.2 Å². The maximum absolute atomic E-state index is 13.3. The molecule has 2 aromatic rings. The van der Waals surface area contributed by atoms with E-state index in [0.29, 0.717) is 25.1 Å². The van der Waals surface area contributed by atoms with Crippen molar-refractivity contribution in [2.24, 2.45) is 0 Å². The lowest BCUT2D eigenvalue weighted by atomic mass is 10.1. The fourth-order valence-corrected chi connectivity index (χ4v) is 4.78. The number of aryl methyl sites for hydroxylation is 1. The van der Waals surface area contributed by atoms with Gasteiger partial charge in [0.15, 0.2) is 0 Å². The molecule has 2 atom stereocenters. The summed E-state index contributed by atoms with van der Waals surface area (Å²) in [6.45, 7) is 8.18. The lowest BCUT2D eigenvalue weighted by Crippen LogP contribution is -2.50. The van der Waals surface area contributed by atoms with Crippen molar-refractivity contribution in [1.29, 1.82) is 0 Å². The Bertz CT molecular complexity index is 1070. The van der Waals surface area contributed by atoms with Crippen molar-refractivity contribution < 1.29 is 18.0 Å². The number of benzene rings is 2. The lowest BCUT2D eigenvalue weighted by molar-refractivity contribution is -0.140. The molecule has 8 heteroatoms. The monoisotopic (exact) mass is 501 g/mol. The number of hydrogen-bond acceptors (Lipinski definition) is 4. The molecule has 0 heterocycles. The van der Waals surface area contributed by atoms with Crippen molar-refractivity contribution in [2.75, 3.05) is 23.7 Å². The molecule has 7 nitrogen and oxygen atoms in total. The molecular weight excluding hydrogens is 462 g/mol. The zero-order valence-electron chi connectivity index (χ0n) is 21.5. The second-order valence-corrected chi connectivity index (χ2v) is 11.0. The third-order valence-electron chi connectivity index (χ3n) is 6.09. The first-order valence-corrected chi connectivity index (χ1v) is 14.1. The Morgan fingerprint density at radius 3 is 2.29 bits per heavy atom. The van der Waals surface area contributed by atoms with Crippen LogP contribution in [-0.2, 0) is 26.0 Å². The van der Waals surface area contributed by atoms with E-state index in [9.17, 15) is 18.0 Å². The van der Waals surface area contributed by atoms with Crippen LogP contribution in [0.1, 0.15) is 51.2 Å². The van der Waals surface area contributed by atoms with E-state index in [4.69, 9.17) is 0 Å². The van der Waals surface area contributed by atoms with Gasteiger partial charge in [-0.15, -0.1) is 0 Å². The van der Waals surface area contributed by atoms with Crippen molar-refractivity contribution in [3.8, 4) is 0 Å². The summed E-state index contributed by atoms with van der Waals surface area (Å²) in [7, 11) is -3.50. The van der Waals surface area contributed by atoms with Crippen LogP contribution in [0.2, 0.25) is 0 Å². The molecule has 0 bridgehead atoms. The first-order chi connectivity index (χ1) is 16.5. The summed E-state index contributed by atoms with van der Waals surface area (Å²) in [6, 6.07) is 16.5. The largest absolute Gasteiger partial charge is 0.352 e. The maximum Gasteiger partial charge on any atom is 0.242 e. The predicted octanol–water partition coefficient (Wildman–Crippen LogP) is 3.92. The molecule has 192 valence electrons. The van der Waals surface area contributed by atoms with Gasteiger partial charge in [-0.1, -0.05) is 49.4 Å². The lowest BCUT2D eigenvalue weighted by Gasteiger charge is -2.30. The van der Waals surface area contributed by atoms with Gasteiger partial charge >= 0.3 is 0 Å². The molecule has 0 saturated heterocycles. The summed E-state index contributed by atoms with van der Waals surface area (Å²) < 4.78 is 26.2. The van der Waals surface area contributed by atoms with Gasteiger partial charge in [-0.2, -0.15) is 0 Å². The van der Waals surface area contributed by atoms with Crippen LogP contribution in [-0.4, -0.2) is 56.6 Å². The zero-order chi connectivity index (χ0) is 26.0. The Balaban J connectivity index is 2.11. The van der Waals surface area contributed by atoms with Crippen LogP contribution in [0.15, 0.2) is 54.6 Å². The quantitative estimate of drug-likeness (QED) is 0.451. The van der Waals surface area contributed by atoms with E-state index in [1.165, 1.54) is 10.6 Å². The Kier molecular flexibility index (Phi) is 10.8. The molecule has 2 unspecified atom stereocenters. The molecule has 0 saturated carbocycles. The highest BCUT2D eigenvalue weighted by molar-refractivity contribution is 7.92. The molecule has 2 amide bonds. The van der Waals surface area contributed by atoms with E-state index in [0.717, 1.165) is 17.5 Å². The predicted molar refractivity (Wildman–Crippen MR) is 142 cm³/mol. The average Bonchev–Trinajstić information content (AvgIpc) is 2.81. The Hall–Kier alpha value is -2.87. The molecule has 0 radical (unpaired) electrons. The number of sulfonamides is 1. The van der Waals surface area contributed by atoms with E-state index in [2.05, 4.69) is 5.32 Å². The Morgan fingerprint density at radius 1 is 1.00 bits per heavy atom. The van der Waals surface area contributed by atoms with Crippen LogP contribution >= 0.6 is 0 Å². The number of nitrogens with one attached hydrogen (secondary N) is 1. The fraction of sp³-hybridized carbons (Fsp3) is 0.481. The van der Waals surface area contributed by atoms with Crippen LogP contribution in [0.25, 0.3) is 0 Å². The van der Waals surface area contributed by atoms with Gasteiger partial charge in [0.2, 0.25) is 21.8 Å². The van der Waals surface area contributed by atoms with Gasteiger partial charge in [0.05, 0.1) is 11.9 Å². The van der Waals surface area contributed by atoms with Crippen LogP contribution in [0.3, 0.4) is 0 Å². The first kappa shape index (κ1) is 28.4. The van der Waals surface area contributed by atoms with E-state index in [1.54, 1.807) is 17.9 Å². The van der Waals surface area contributed by atoms with Crippen molar-refractivity contribution >= 4 is 27.5 Å². The molecule has 0 aliphatic carbocycles. The fourth-order valence-electron chi connectivity index (χ4n) is 3.82. The summed E-state index contributed by atoms with van der Waals surface area (Å²) in [4.78, 5) is 27.7. The highest BCUT2D eigenvalue weighted by Crippen LogP contribution is 2.20. The molecule has 2 aromatic carbocycles. The average molecular weight is 502 g/mol. The molecule has 0 aromatic heterocycles. The van der Waals surface area contributed by atoms with Crippen LogP contribution < -0.4 is 9.62 Å². The molecule has 35 heavy (non-hydrogen) atoms. The molecule has 2 rings (SSSR count). The highest BCUT2D eigenvalue weighted by atomic mass is 32.2. The van der Waals surface area contributed by atoms with Gasteiger partial charge < -0.3 is 10.2 Å². The van der Waals surface area contributed by atoms with Crippen LogP contribution in [0.5, 0.6) is 0 Å². The number of carbonyl (C=O) groups is 2. The van der Waals surface area contributed by atoms with Gasteiger partial charge in [-0.05, 0) is 63.3 Å². The normalized spacial score (nSPS) is 13.1. The molecule has 0 fully saturated rings. The van der Waals surface area contributed by atoms with Gasteiger partial charge in [0, 0.05) is 25.6 Å². The summed E-state index contributed by atoms with van der Waals surface area (Å²) in [5, 5.41) is 2.96. The van der Waals surface area contributed by atoms with Gasteiger partial charge in [0.25, 0.3) is 0 Å². The molecular formula is C27H39N3O4S. The van der Waals surface area contributed by atoms with E-state index >= 15 is 0 Å². The Morgan fingerprint density at radius 2 is 1.69 bits per heavy atom. The van der Waals surface area contributed by atoms with E-state index in [1.807, 2.05) is 69.3 Å². The summed E-state index contributed by atoms with van der Waals surface area (Å²) >= 11 is 0. The SMILES string of the molecule is CCC(C)NC(=O)C(C)N(CCc1ccccc1)C(=O)CCCN(c1cccc(C)c1)S(C)(=O)=O. The standard InChI is InChI=1S/C27H39N3O4S/c1-6-22(3)28-27(32)23(4)29(19-17-24-13-8-7-9-14-24)26(31)16-11-18-30(35(5,33)34)25-15-10-12-21(2)20-25/h7-10,12-15,20,22-23H,6,11,16-19H2,1-5H3,(H,28,32). The second kappa shape index (κ2) is 13.3. The number of nitrogens with zero attached hydrogens (tertiary/aromatic N) is 2. The molecule has 0 aliphatic heterocycles. The van der Waals surface area contributed by atoms with E-state index < -0.39 is 16.1 Å². The van der Waals surface area contributed by atoms with E-state index in [-0.39, 0.29) is 30.8 Å². The molecule has 1 N–H and O–H groups in total. The Labute approximate surface area is 210 Å².